The summed E-state index contributed by atoms with van der Waals surface area (Å²) in [4.78, 5) is 33.3. The van der Waals surface area contributed by atoms with E-state index in [1.807, 2.05) is 0 Å². The Kier molecular flexibility index (Phi) is 2.76. The average Bonchev–Trinajstić information content (AvgIpc) is 2.40. The number of amides is 1. The predicted octanol–water partition coefficient (Wildman–Crippen LogP) is 0.353. The second-order valence-corrected chi connectivity index (χ2v) is 2.89. The zero-order valence-corrected chi connectivity index (χ0v) is 8.33. The van der Waals surface area contributed by atoms with Crippen LogP contribution in [0, 0.1) is 6.92 Å². The van der Waals surface area contributed by atoms with Crippen LogP contribution in [0.3, 0.4) is 0 Å². The Bertz CT molecular complexity index is 446. The molecule has 0 saturated carbocycles. The minimum absolute atomic E-state index is 0.304. The molecular weight excluding hydrogens is 210 g/mol. The number of aryl methyl sites for hydroxylation is 1. The van der Waals surface area contributed by atoms with Crippen LogP contribution in [0.15, 0.2) is 11.0 Å². The van der Waals surface area contributed by atoms with E-state index in [0.29, 0.717) is 10.3 Å². The fraction of sp³-hybridized carbons (Fsp3) is 0.286. The van der Waals surface area contributed by atoms with E-state index in [1.165, 1.54) is 20.2 Å². The summed E-state index contributed by atoms with van der Waals surface area (Å²) in [7, 11) is 1.38. The van der Waals surface area contributed by atoms with Gasteiger partial charge in [0.15, 0.2) is 0 Å². The molecule has 0 bridgehead atoms. The molecule has 0 radical (unpaired) electrons. The summed E-state index contributed by atoms with van der Waals surface area (Å²) in [6.07, 6.45) is 1.24. The third-order valence-corrected chi connectivity index (χ3v) is 1.84. The lowest BCUT2D eigenvalue weighted by Crippen LogP contribution is -2.35. The molecule has 0 fully saturated rings. The highest BCUT2D eigenvalue weighted by molar-refractivity contribution is 6.63. The summed E-state index contributed by atoms with van der Waals surface area (Å²) >= 11 is 5.15. The molecule has 0 saturated heterocycles. The Labute approximate surface area is 84.1 Å². The number of hydrogen-bond acceptors (Lipinski definition) is 3. The number of imidazole rings is 1. The molecule has 1 heterocycles. The van der Waals surface area contributed by atoms with Gasteiger partial charge in [0.25, 0.3) is 0 Å². The summed E-state index contributed by atoms with van der Waals surface area (Å²) in [6, 6.07) is -0.616. The lowest BCUT2D eigenvalue weighted by atomic mass is 10.5. The Balaban J connectivity index is 3.39. The number of halogens is 1. The molecule has 1 aromatic heterocycles. The average molecular weight is 218 g/mol. The van der Waals surface area contributed by atoms with Crippen LogP contribution in [-0.4, -0.2) is 27.6 Å². The van der Waals surface area contributed by atoms with Crippen molar-refractivity contribution < 1.29 is 9.59 Å². The molecule has 0 atom stereocenters. The normalized spacial score (nSPS) is 9.93. The van der Waals surface area contributed by atoms with Crippen LogP contribution in [0.1, 0.15) is 5.69 Å². The number of carbonyl (C=O) groups excluding carboxylic acids is 2. The maximum Gasteiger partial charge on any atom is 0.344 e. The van der Waals surface area contributed by atoms with Gasteiger partial charge in [-0.25, -0.2) is 18.7 Å². The number of hydrogen-bond donors (Lipinski definition) is 1. The number of nitrogens with one attached hydrogen (secondary N) is 1. The minimum atomic E-state index is -0.935. The Morgan fingerprint density at radius 3 is 2.43 bits per heavy atom. The maximum absolute atomic E-state index is 11.4. The first kappa shape index (κ1) is 10.5. The highest BCUT2D eigenvalue weighted by atomic mass is 35.5. The van der Waals surface area contributed by atoms with E-state index >= 15 is 0 Å². The molecule has 0 aliphatic carbocycles. The molecule has 0 aliphatic heterocycles. The van der Waals surface area contributed by atoms with Crippen LogP contribution in [0.4, 0.5) is 9.59 Å². The summed E-state index contributed by atoms with van der Waals surface area (Å²) in [5.74, 6) is 0. The molecule has 1 N–H and O–H groups in total. The lowest BCUT2D eigenvalue weighted by Gasteiger charge is -1.96. The first-order valence-corrected chi connectivity index (χ1v) is 4.09. The van der Waals surface area contributed by atoms with Gasteiger partial charge < -0.3 is 5.32 Å². The van der Waals surface area contributed by atoms with Gasteiger partial charge >= 0.3 is 17.1 Å². The Morgan fingerprint density at radius 2 is 2.07 bits per heavy atom. The van der Waals surface area contributed by atoms with Crippen molar-refractivity contribution in [3.63, 3.8) is 0 Å². The van der Waals surface area contributed by atoms with E-state index in [4.69, 9.17) is 11.6 Å². The van der Waals surface area contributed by atoms with Crippen LogP contribution in [-0.2, 0) is 0 Å². The minimum Gasteiger partial charge on any atom is -0.340 e. The van der Waals surface area contributed by atoms with Gasteiger partial charge in [0.2, 0.25) is 0 Å². The van der Waals surface area contributed by atoms with Gasteiger partial charge in [-0.2, -0.15) is 0 Å². The van der Waals surface area contributed by atoms with E-state index < -0.39 is 17.1 Å². The predicted molar refractivity (Wildman–Crippen MR) is 49.9 cm³/mol. The zero-order valence-electron chi connectivity index (χ0n) is 7.57. The molecule has 1 amide bonds. The van der Waals surface area contributed by atoms with E-state index in [0.717, 1.165) is 4.57 Å². The van der Waals surface area contributed by atoms with Gasteiger partial charge in [0.05, 0.1) is 0 Å². The fourth-order valence-corrected chi connectivity index (χ4v) is 1.24. The smallest absolute Gasteiger partial charge is 0.340 e. The van der Waals surface area contributed by atoms with Crippen molar-refractivity contribution in [1.82, 2.24) is 14.5 Å². The van der Waals surface area contributed by atoms with Crippen molar-refractivity contribution in [2.24, 2.45) is 0 Å². The van der Waals surface area contributed by atoms with Gasteiger partial charge in [-0.05, 0) is 18.5 Å². The first-order valence-electron chi connectivity index (χ1n) is 3.72. The quantitative estimate of drug-likeness (QED) is 0.638. The van der Waals surface area contributed by atoms with Crippen molar-refractivity contribution >= 4 is 23.0 Å². The van der Waals surface area contributed by atoms with Gasteiger partial charge in [0.1, 0.15) is 0 Å². The summed E-state index contributed by atoms with van der Waals surface area (Å²) in [5.41, 5.74) is -0.472. The van der Waals surface area contributed by atoms with Crippen molar-refractivity contribution in [3.05, 3.63) is 22.4 Å². The number of carbonyl (C=O) groups is 2. The van der Waals surface area contributed by atoms with E-state index in [-0.39, 0.29) is 0 Å². The molecule has 7 heteroatoms. The van der Waals surface area contributed by atoms with Gasteiger partial charge in [0, 0.05) is 18.9 Å². The number of nitrogens with zero attached hydrogens (tertiary/aromatic N) is 2. The van der Waals surface area contributed by atoms with Crippen LogP contribution in [0.5, 0.6) is 0 Å². The van der Waals surface area contributed by atoms with E-state index in [9.17, 15) is 14.4 Å². The molecule has 14 heavy (non-hydrogen) atoms. The van der Waals surface area contributed by atoms with Crippen molar-refractivity contribution in [2.45, 2.75) is 6.92 Å². The molecule has 6 nitrogen and oxygen atoms in total. The molecule has 1 aromatic rings. The van der Waals surface area contributed by atoms with Gasteiger partial charge in [-0.3, -0.25) is 4.79 Å². The highest BCUT2D eigenvalue weighted by Crippen LogP contribution is 1.97. The largest absolute Gasteiger partial charge is 0.344 e. The third kappa shape index (κ3) is 1.56. The maximum atomic E-state index is 11.4. The van der Waals surface area contributed by atoms with E-state index in [1.54, 1.807) is 0 Å². The summed E-state index contributed by atoms with van der Waals surface area (Å²) < 4.78 is 1.48. The van der Waals surface area contributed by atoms with Gasteiger partial charge in [-0.15, -0.1) is 0 Å². The summed E-state index contributed by atoms with van der Waals surface area (Å²) in [6.45, 7) is 1.50. The van der Waals surface area contributed by atoms with Crippen LogP contribution in [0.25, 0.3) is 0 Å². The zero-order chi connectivity index (χ0) is 10.9. The third-order valence-electron chi connectivity index (χ3n) is 1.67. The van der Waals surface area contributed by atoms with Crippen LogP contribution < -0.4 is 11.0 Å². The highest BCUT2D eigenvalue weighted by Gasteiger charge is 2.15. The molecule has 1 rings (SSSR count). The van der Waals surface area contributed by atoms with Gasteiger partial charge in [-0.1, -0.05) is 0 Å². The SMILES string of the molecule is CNC(=O)n1cc(C)n(C(=O)Cl)c1=O. The topological polar surface area (TPSA) is 73.1 Å². The molecule has 0 aromatic carbocycles. The van der Waals surface area contributed by atoms with E-state index in [2.05, 4.69) is 5.32 Å². The van der Waals surface area contributed by atoms with Crippen LogP contribution >= 0.6 is 11.6 Å². The molecule has 76 valence electrons. The van der Waals surface area contributed by atoms with Crippen LogP contribution in [0.2, 0.25) is 0 Å². The van der Waals surface area contributed by atoms with Crippen molar-refractivity contribution in [1.29, 1.82) is 0 Å². The lowest BCUT2D eigenvalue weighted by molar-refractivity contribution is 0.243. The fourth-order valence-electron chi connectivity index (χ4n) is 1.04. The first-order chi connectivity index (χ1) is 6.49. The summed E-state index contributed by atoms with van der Waals surface area (Å²) in [5, 5.41) is 1.32. The monoisotopic (exact) mass is 217 g/mol. The number of aromatic nitrogens is 2. The Hall–Kier alpha value is -1.56. The molecular formula is C7H8ClN3O3. The molecule has 0 unspecified atom stereocenters. The molecule has 0 aliphatic rings. The van der Waals surface area contributed by atoms with Crippen molar-refractivity contribution in [3.8, 4) is 0 Å². The second-order valence-electron chi connectivity index (χ2n) is 2.57. The molecule has 0 spiro atoms. The standard InChI is InChI=1S/C7H8ClN3O3/c1-4-3-10(6(13)9-2)7(14)11(4)5(8)12/h3H,1-2H3,(H,9,13). The van der Waals surface area contributed by atoms with Crippen molar-refractivity contribution in [2.75, 3.05) is 7.05 Å². The second kappa shape index (κ2) is 3.67. The Morgan fingerprint density at radius 1 is 1.50 bits per heavy atom. The number of rotatable bonds is 0.